The van der Waals surface area contributed by atoms with Crippen LogP contribution >= 0.6 is 0 Å². The second kappa shape index (κ2) is 6.41. The number of hydrogen-bond donors (Lipinski definition) is 2. The van der Waals surface area contributed by atoms with E-state index in [1.807, 2.05) is 11.6 Å². The molecule has 0 unspecified atom stereocenters. The van der Waals surface area contributed by atoms with Gasteiger partial charge in [-0.25, -0.2) is 0 Å². The lowest BCUT2D eigenvalue weighted by Crippen LogP contribution is -2.49. The molecule has 1 aliphatic carbocycles. The van der Waals surface area contributed by atoms with Gasteiger partial charge in [0.2, 0.25) is 0 Å². The van der Waals surface area contributed by atoms with E-state index in [0.717, 1.165) is 31.4 Å². The maximum absolute atomic E-state index is 12.5. The van der Waals surface area contributed by atoms with Crippen LogP contribution in [0, 0.1) is 6.92 Å². The minimum Gasteiger partial charge on any atom is -0.350 e. The van der Waals surface area contributed by atoms with E-state index >= 15 is 0 Å². The Morgan fingerprint density at radius 1 is 1.32 bits per heavy atom. The molecule has 1 amide bonds. The molecule has 0 atom stereocenters. The van der Waals surface area contributed by atoms with Crippen LogP contribution in [0.3, 0.4) is 0 Å². The van der Waals surface area contributed by atoms with Gasteiger partial charge in [0.25, 0.3) is 5.91 Å². The molecule has 1 aliphatic rings. The second-order valence-corrected chi connectivity index (χ2v) is 7.69. The van der Waals surface area contributed by atoms with Crippen molar-refractivity contribution in [1.29, 1.82) is 0 Å². The van der Waals surface area contributed by atoms with Gasteiger partial charge in [-0.1, -0.05) is 25.7 Å². The van der Waals surface area contributed by atoms with Crippen molar-refractivity contribution in [3.05, 3.63) is 17.5 Å². The highest BCUT2D eigenvalue weighted by Gasteiger charge is 2.28. The van der Waals surface area contributed by atoms with Gasteiger partial charge in [-0.05, 0) is 40.5 Å². The molecule has 124 valence electrons. The second-order valence-electron chi connectivity index (χ2n) is 7.69. The molecule has 5 nitrogen and oxygen atoms in total. The minimum absolute atomic E-state index is 0.0675. The molecule has 0 aliphatic heterocycles. The van der Waals surface area contributed by atoms with Crippen LogP contribution in [0.25, 0.3) is 0 Å². The molecule has 2 rings (SSSR count). The Balaban J connectivity index is 2.02. The first-order chi connectivity index (χ1) is 10.2. The summed E-state index contributed by atoms with van der Waals surface area (Å²) in [7, 11) is 0. The van der Waals surface area contributed by atoms with Crippen molar-refractivity contribution in [1.82, 2.24) is 15.1 Å². The Morgan fingerprint density at radius 2 is 1.91 bits per heavy atom. The van der Waals surface area contributed by atoms with Gasteiger partial charge in [0.1, 0.15) is 0 Å². The number of hydrogen-bond acceptors (Lipinski definition) is 3. The monoisotopic (exact) mass is 306 g/mol. The van der Waals surface area contributed by atoms with Gasteiger partial charge in [0.05, 0.1) is 17.3 Å². The first kappa shape index (κ1) is 17.0. The molecule has 3 N–H and O–H groups in total. The summed E-state index contributed by atoms with van der Waals surface area (Å²) in [4.78, 5) is 12.5. The molecule has 0 bridgehead atoms. The quantitative estimate of drug-likeness (QED) is 0.843. The number of carbonyl (C=O) groups excluding carboxylic acids is 1. The highest BCUT2D eigenvalue weighted by Crippen LogP contribution is 2.24. The van der Waals surface area contributed by atoms with E-state index in [0.29, 0.717) is 12.1 Å². The molecule has 5 heteroatoms. The van der Waals surface area contributed by atoms with E-state index in [-0.39, 0.29) is 17.0 Å². The molecule has 0 saturated heterocycles. The molecular weight excluding hydrogens is 276 g/mol. The number of aromatic nitrogens is 2. The van der Waals surface area contributed by atoms with Gasteiger partial charge in [0, 0.05) is 17.8 Å². The Kier molecular flexibility index (Phi) is 4.95. The van der Waals surface area contributed by atoms with Gasteiger partial charge in [-0.3, -0.25) is 9.48 Å². The van der Waals surface area contributed by atoms with Crippen molar-refractivity contribution in [2.75, 3.05) is 6.54 Å². The molecular formula is C17H30N4O. The fourth-order valence-electron chi connectivity index (χ4n) is 3.27. The zero-order valence-electron chi connectivity index (χ0n) is 14.4. The van der Waals surface area contributed by atoms with Crippen LogP contribution in [0.1, 0.15) is 75.3 Å². The molecule has 1 heterocycles. The summed E-state index contributed by atoms with van der Waals surface area (Å²) < 4.78 is 1.89. The first-order valence-electron chi connectivity index (χ1n) is 8.35. The lowest BCUT2D eigenvalue weighted by molar-refractivity contribution is 0.0940. The Labute approximate surface area is 133 Å². The van der Waals surface area contributed by atoms with Crippen molar-refractivity contribution in [2.45, 2.75) is 77.3 Å². The molecule has 1 aromatic rings. The molecule has 1 fully saturated rings. The van der Waals surface area contributed by atoms with Crippen LogP contribution in [-0.2, 0) is 5.54 Å². The number of carbonyl (C=O) groups is 1. The predicted molar refractivity (Wildman–Crippen MR) is 88.9 cm³/mol. The largest absolute Gasteiger partial charge is 0.350 e. The summed E-state index contributed by atoms with van der Waals surface area (Å²) in [5.74, 6) is -0.0675. The molecule has 0 spiro atoms. The zero-order valence-corrected chi connectivity index (χ0v) is 14.4. The van der Waals surface area contributed by atoms with E-state index in [1.165, 1.54) is 12.8 Å². The number of nitrogens with zero attached hydrogens (tertiary/aromatic N) is 2. The van der Waals surface area contributed by atoms with Crippen molar-refractivity contribution in [3.8, 4) is 0 Å². The summed E-state index contributed by atoms with van der Waals surface area (Å²) in [6, 6.07) is 0. The lowest BCUT2D eigenvalue weighted by Gasteiger charge is -2.28. The van der Waals surface area contributed by atoms with Crippen LogP contribution in [0.5, 0.6) is 0 Å². The Hall–Kier alpha value is -1.36. The SMILES string of the molecule is Cc1c(C(=O)NCC2(N)CCCCCC2)cnn1C(C)(C)C. The number of nitrogens with one attached hydrogen (secondary N) is 1. The standard InChI is InChI=1S/C17H30N4O/c1-13-14(11-20-21(13)16(2,3)4)15(22)19-12-17(18)9-7-5-6-8-10-17/h11H,5-10,12,18H2,1-4H3,(H,19,22). The molecule has 0 aromatic carbocycles. The van der Waals surface area contributed by atoms with Crippen molar-refractivity contribution in [3.63, 3.8) is 0 Å². The average molecular weight is 306 g/mol. The maximum atomic E-state index is 12.5. The summed E-state index contributed by atoms with van der Waals surface area (Å²) in [5, 5.41) is 7.39. The van der Waals surface area contributed by atoms with Crippen LogP contribution in [0.2, 0.25) is 0 Å². The first-order valence-corrected chi connectivity index (χ1v) is 8.35. The van der Waals surface area contributed by atoms with Crippen LogP contribution < -0.4 is 11.1 Å². The average Bonchev–Trinajstić information content (AvgIpc) is 2.69. The third-order valence-corrected chi connectivity index (χ3v) is 4.59. The molecule has 1 saturated carbocycles. The summed E-state index contributed by atoms with van der Waals surface area (Å²) >= 11 is 0. The van der Waals surface area contributed by atoms with E-state index in [1.54, 1.807) is 6.20 Å². The van der Waals surface area contributed by atoms with E-state index < -0.39 is 0 Å². The normalized spacial score (nSPS) is 18.8. The van der Waals surface area contributed by atoms with Crippen LogP contribution in [0.15, 0.2) is 6.20 Å². The summed E-state index contributed by atoms with van der Waals surface area (Å²) in [5.41, 5.74) is 7.63. The van der Waals surface area contributed by atoms with Crippen LogP contribution in [-0.4, -0.2) is 27.8 Å². The Bertz CT molecular complexity index is 519. The minimum atomic E-state index is -0.250. The van der Waals surface area contributed by atoms with Gasteiger partial charge in [-0.15, -0.1) is 0 Å². The summed E-state index contributed by atoms with van der Waals surface area (Å²) in [6.45, 7) is 8.72. The third-order valence-electron chi connectivity index (χ3n) is 4.59. The van der Waals surface area contributed by atoms with Gasteiger partial charge in [-0.2, -0.15) is 5.10 Å². The lowest BCUT2D eigenvalue weighted by atomic mass is 9.91. The Morgan fingerprint density at radius 3 is 2.41 bits per heavy atom. The van der Waals surface area contributed by atoms with Gasteiger partial charge < -0.3 is 11.1 Å². The third kappa shape index (κ3) is 3.88. The fourth-order valence-corrected chi connectivity index (χ4v) is 3.27. The van der Waals surface area contributed by atoms with Gasteiger partial charge >= 0.3 is 0 Å². The van der Waals surface area contributed by atoms with Crippen molar-refractivity contribution in [2.24, 2.45) is 5.73 Å². The van der Waals surface area contributed by atoms with E-state index in [4.69, 9.17) is 5.73 Å². The number of amides is 1. The number of nitrogens with two attached hydrogens (primary N) is 1. The zero-order chi connectivity index (χ0) is 16.4. The van der Waals surface area contributed by atoms with E-state index in [2.05, 4.69) is 31.2 Å². The topological polar surface area (TPSA) is 72.9 Å². The molecule has 1 aromatic heterocycles. The molecule has 22 heavy (non-hydrogen) atoms. The van der Waals surface area contributed by atoms with Crippen molar-refractivity contribution < 1.29 is 4.79 Å². The highest BCUT2D eigenvalue weighted by molar-refractivity contribution is 5.95. The summed E-state index contributed by atoms with van der Waals surface area (Å²) in [6.07, 6.45) is 8.47. The smallest absolute Gasteiger partial charge is 0.254 e. The fraction of sp³-hybridized carbons (Fsp3) is 0.765. The van der Waals surface area contributed by atoms with Gasteiger partial charge in [0.15, 0.2) is 0 Å². The predicted octanol–water partition coefficient (Wildman–Crippen LogP) is 2.73. The number of rotatable bonds is 3. The van der Waals surface area contributed by atoms with E-state index in [9.17, 15) is 4.79 Å². The maximum Gasteiger partial charge on any atom is 0.254 e. The van der Waals surface area contributed by atoms with Crippen molar-refractivity contribution >= 4 is 5.91 Å². The van der Waals surface area contributed by atoms with Crippen LogP contribution in [0.4, 0.5) is 0 Å². The molecule has 0 radical (unpaired) electrons. The highest BCUT2D eigenvalue weighted by atomic mass is 16.1.